The lowest BCUT2D eigenvalue weighted by Crippen LogP contribution is -2.51. The van der Waals surface area contributed by atoms with Gasteiger partial charge in [0.1, 0.15) is 17.8 Å². The molecule has 2 rings (SSSR count). The van der Waals surface area contributed by atoms with Crippen LogP contribution in [-0.4, -0.2) is 70.0 Å². The monoisotopic (exact) mass is 576 g/mol. The topological polar surface area (TPSA) is 185 Å². The summed E-state index contributed by atoms with van der Waals surface area (Å²) in [7, 11) is 0. The van der Waals surface area contributed by atoms with Crippen LogP contribution in [0.1, 0.15) is 49.5 Å². The van der Waals surface area contributed by atoms with Crippen LogP contribution in [0.15, 0.2) is 48.5 Å². The maximum absolute atomic E-state index is 12.6. The van der Waals surface area contributed by atoms with Crippen LogP contribution in [-0.2, 0) is 28.7 Å². The molecule has 0 saturated heterocycles. The van der Waals surface area contributed by atoms with Gasteiger partial charge in [0.05, 0.1) is 0 Å². The molecule has 2 atom stereocenters. The second-order valence-corrected chi connectivity index (χ2v) is 9.61. The van der Waals surface area contributed by atoms with E-state index < -0.39 is 60.4 Å². The predicted octanol–water partition coefficient (Wildman–Crippen LogP) is 2.21. The fourth-order valence-electron chi connectivity index (χ4n) is 3.25. The first-order chi connectivity index (χ1) is 18.7. The smallest absolute Gasteiger partial charge is 0.350 e. The average Bonchev–Trinajstić information content (AvgIpc) is 2.89. The number of halogens is 1. The fraction of sp³-hybridized carbons (Fsp3) is 0.333. The maximum Gasteiger partial charge on any atom is 0.350 e. The van der Waals surface area contributed by atoms with Crippen molar-refractivity contribution in [3.8, 4) is 5.75 Å². The lowest BCUT2D eigenvalue weighted by atomic mass is 10.0. The third-order valence-electron chi connectivity index (χ3n) is 5.45. The van der Waals surface area contributed by atoms with Crippen molar-refractivity contribution in [3.05, 3.63) is 64.7 Å². The Morgan fingerprint density at radius 2 is 1.45 bits per heavy atom. The Hall–Kier alpha value is -4.45. The van der Waals surface area contributed by atoms with E-state index in [0.717, 1.165) is 0 Å². The van der Waals surface area contributed by atoms with Crippen molar-refractivity contribution in [2.45, 2.75) is 51.3 Å². The minimum atomic E-state index is -1.52. The van der Waals surface area contributed by atoms with E-state index in [1.165, 1.54) is 45.0 Å². The highest BCUT2D eigenvalue weighted by atomic mass is 35.5. The number of carbonyl (C=O) groups is 6. The van der Waals surface area contributed by atoms with Crippen molar-refractivity contribution >= 4 is 47.1 Å². The highest BCUT2D eigenvalue weighted by Gasteiger charge is 2.33. The van der Waals surface area contributed by atoms with E-state index in [0.29, 0.717) is 16.1 Å². The van der Waals surface area contributed by atoms with Crippen molar-refractivity contribution in [3.63, 3.8) is 0 Å². The second-order valence-electron chi connectivity index (χ2n) is 9.17. The predicted molar refractivity (Wildman–Crippen MR) is 141 cm³/mol. The van der Waals surface area contributed by atoms with Crippen LogP contribution < -0.4 is 15.4 Å². The van der Waals surface area contributed by atoms with Crippen molar-refractivity contribution in [1.82, 2.24) is 10.6 Å². The molecule has 0 radical (unpaired) electrons. The highest BCUT2D eigenvalue weighted by Crippen LogP contribution is 2.22. The standard InChI is InChI=1S/C27H29ClN2O10/c1-15(24(35)30-20(25(36)37)12-13-22(32)33)29-21(31)14-39-26(38)27(2,3)40-19-10-6-17(7-11-19)23(34)16-4-8-18(28)9-5-16/h4-11,15,20H,12-14H2,1-3H3,(H,29,31)(H,30,35)(H,32,33)(H,36,37). The first-order valence-corrected chi connectivity index (χ1v) is 12.4. The van der Waals surface area contributed by atoms with Crippen LogP contribution in [0, 0.1) is 0 Å². The molecule has 0 aliphatic carbocycles. The number of nitrogens with one attached hydrogen (secondary N) is 2. The van der Waals surface area contributed by atoms with Gasteiger partial charge in [0.25, 0.3) is 5.91 Å². The van der Waals surface area contributed by atoms with Crippen molar-refractivity contribution in [2.24, 2.45) is 0 Å². The molecule has 2 unspecified atom stereocenters. The Morgan fingerprint density at radius 3 is 1.98 bits per heavy atom. The number of carboxylic acid groups (broad SMARTS) is 2. The third-order valence-corrected chi connectivity index (χ3v) is 5.71. The van der Waals surface area contributed by atoms with Gasteiger partial charge in [0.15, 0.2) is 18.0 Å². The number of carboxylic acids is 2. The molecular formula is C27H29ClN2O10. The minimum Gasteiger partial charge on any atom is -0.481 e. The van der Waals surface area contributed by atoms with Gasteiger partial charge in [-0.25, -0.2) is 9.59 Å². The van der Waals surface area contributed by atoms with Crippen LogP contribution in [0.5, 0.6) is 5.75 Å². The molecule has 0 aliphatic rings. The van der Waals surface area contributed by atoms with E-state index in [4.69, 9.17) is 31.3 Å². The lowest BCUT2D eigenvalue weighted by Gasteiger charge is -2.24. The molecule has 2 aromatic rings. The van der Waals surface area contributed by atoms with Gasteiger partial charge in [-0.05, 0) is 75.7 Å². The summed E-state index contributed by atoms with van der Waals surface area (Å²) >= 11 is 5.85. The molecular weight excluding hydrogens is 548 g/mol. The summed E-state index contributed by atoms with van der Waals surface area (Å²) in [6.45, 7) is 3.36. The molecule has 0 aromatic heterocycles. The van der Waals surface area contributed by atoms with Gasteiger partial charge < -0.3 is 30.3 Å². The van der Waals surface area contributed by atoms with Gasteiger partial charge in [0.2, 0.25) is 5.91 Å². The number of esters is 1. The third kappa shape index (κ3) is 9.70. The summed E-state index contributed by atoms with van der Waals surface area (Å²) in [5.41, 5.74) is -0.683. The van der Waals surface area contributed by atoms with Gasteiger partial charge in [-0.1, -0.05) is 11.6 Å². The Morgan fingerprint density at radius 1 is 0.900 bits per heavy atom. The quantitative estimate of drug-likeness (QED) is 0.192. The Kier molecular flexibility index (Phi) is 11.2. The molecule has 0 saturated carbocycles. The van der Waals surface area contributed by atoms with E-state index in [1.54, 1.807) is 24.3 Å². The first-order valence-electron chi connectivity index (χ1n) is 12.0. The summed E-state index contributed by atoms with van der Waals surface area (Å²) in [6, 6.07) is 9.84. The van der Waals surface area contributed by atoms with E-state index in [2.05, 4.69) is 10.6 Å². The Bertz CT molecular complexity index is 1260. The number of amides is 2. The zero-order valence-corrected chi connectivity index (χ0v) is 22.7. The number of ether oxygens (including phenoxy) is 2. The zero-order chi connectivity index (χ0) is 30.0. The van der Waals surface area contributed by atoms with Gasteiger partial charge in [-0.2, -0.15) is 0 Å². The number of benzene rings is 2. The molecule has 0 bridgehead atoms. The van der Waals surface area contributed by atoms with Gasteiger partial charge in [0, 0.05) is 22.6 Å². The molecule has 0 aliphatic heterocycles. The largest absolute Gasteiger partial charge is 0.481 e. The molecule has 0 spiro atoms. The van der Waals surface area contributed by atoms with E-state index >= 15 is 0 Å². The molecule has 0 fully saturated rings. The number of carbonyl (C=O) groups excluding carboxylic acids is 4. The number of hydrogen-bond donors (Lipinski definition) is 4. The lowest BCUT2D eigenvalue weighted by molar-refractivity contribution is -0.162. The summed E-state index contributed by atoms with van der Waals surface area (Å²) in [5, 5.41) is 22.7. The molecule has 214 valence electrons. The van der Waals surface area contributed by atoms with Crippen LogP contribution in [0.2, 0.25) is 5.02 Å². The molecule has 0 heterocycles. The van der Waals surface area contributed by atoms with Gasteiger partial charge in [-0.3, -0.25) is 19.2 Å². The van der Waals surface area contributed by atoms with Crippen molar-refractivity contribution in [1.29, 1.82) is 0 Å². The molecule has 4 N–H and O–H groups in total. The Balaban J connectivity index is 1.87. The molecule has 2 aromatic carbocycles. The molecule has 12 nitrogen and oxygen atoms in total. The average molecular weight is 577 g/mol. The van der Waals surface area contributed by atoms with Gasteiger partial charge >= 0.3 is 17.9 Å². The maximum atomic E-state index is 12.6. The minimum absolute atomic E-state index is 0.227. The van der Waals surface area contributed by atoms with Crippen LogP contribution in [0.3, 0.4) is 0 Å². The van der Waals surface area contributed by atoms with E-state index in [1.807, 2.05) is 0 Å². The van der Waals surface area contributed by atoms with E-state index in [-0.39, 0.29) is 18.0 Å². The molecule has 13 heteroatoms. The van der Waals surface area contributed by atoms with Crippen LogP contribution in [0.4, 0.5) is 0 Å². The van der Waals surface area contributed by atoms with E-state index in [9.17, 15) is 28.8 Å². The fourth-order valence-corrected chi connectivity index (χ4v) is 3.38. The highest BCUT2D eigenvalue weighted by molar-refractivity contribution is 6.30. The number of rotatable bonds is 14. The van der Waals surface area contributed by atoms with Gasteiger partial charge in [-0.15, -0.1) is 0 Å². The summed E-state index contributed by atoms with van der Waals surface area (Å²) in [5.74, 6) is -5.20. The molecule has 40 heavy (non-hydrogen) atoms. The number of ketones is 1. The first kappa shape index (κ1) is 31.8. The zero-order valence-electron chi connectivity index (χ0n) is 21.9. The molecule has 2 amide bonds. The normalized spacial score (nSPS) is 12.4. The van der Waals surface area contributed by atoms with Crippen LogP contribution >= 0.6 is 11.6 Å². The van der Waals surface area contributed by atoms with Crippen LogP contribution in [0.25, 0.3) is 0 Å². The summed E-state index contributed by atoms with van der Waals surface area (Å²) in [4.78, 5) is 71.4. The SMILES string of the molecule is CC(NC(=O)COC(=O)C(C)(C)Oc1ccc(C(=O)c2ccc(Cl)cc2)cc1)C(=O)NC(CCC(=O)O)C(=O)O. The van der Waals surface area contributed by atoms with Crippen molar-refractivity contribution in [2.75, 3.05) is 6.61 Å². The summed E-state index contributed by atoms with van der Waals surface area (Å²) < 4.78 is 10.7. The van der Waals surface area contributed by atoms with Crippen molar-refractivity contribution < 1.29 is 48.5 Å². The number of hydrogen-bond acceptors (Lipinski definition) is 8. The Labute approximate surface area is 234 Å². The number of aliphatic carboxylic acids is 2. The summed E-state index contributed by atoms with van der Waals surface area (Å²) in [6.07, 6.45) is -0.817. The second kappa shape index (κ2) is 14.1.